The number of nitrogen functional groups attached to an aromatic ring is 1. The van der Waals surface area contributed by atoms with E-state index in [0.717, 1.165) is 5.39 Å². The molecule has 2 aromatic carbocycles. The molecule has 3 heteroatoms. The highest BCUT2D eigenvalue weighted by atomic mass is 16.3. The molecule has 0 atom stereocenters. The number of nitrogens with two attached hydrogens (primary N) is 1. The number of rotatable bonds is 3. The van der Waals surface area contributed by atoms with E-state index in [-0.39, 0.29) is 11.5 Å². The number of hydrogen-bond acceptors (Lipinski definition) is 3. The molecular formula is C18H17NO2. The van der Waals surface area contributed by atoms with Crippen LogP contribution < -0.4 is 5.73 Å². The zero-order valence-corrected chi connectivity index (χ0v) is 12.1. The van der Waals surface area contributed by atoms with Gasteiger partial charge in [0, 0.05) is 10.9 Å². The molecule has 106 valence electrons. The van der Waals surface area contributed by atoms with E-state index < -0.39 is 0 Å². The molecule has 0 aliphatic rings. The Bertz CT molecular complexity index is 798. The van der Waals surface area contributed by atoms with E-state index in [2.05, 4.69) is 13.8 Å². The summed E-state index contributed by atoms with van der Waals surface area (Å²) >= 11 is 0. The molecule has 0 unspecified atom stereocenters. The minimum Gasteiger partial charge on any atom is -0.450 e. The first-order valence-corrected chi connectivity index (χ1v) is 6.99. The Morgan fingerprint density at radius 2 is 1.71 bits per heavy atom. The van der Waals surface area contributed by atoms with Crippen LogP contribution in [0, 0.1) is 0 Å². The zero-order chi connectivity index (χ0) is 15.0. The van der Waals surface area contributed by atoms with Gasteiger partial charge >= 0.3 is 0 Å². The molecule has 3 aromatic rings. The van der Waals surface area contributed by atoms with Crippen molar-refractivity contribution in [2.45, 2.75) is 19.8 Å². The first kappa shape index (κ1) is 13.4. The van der Waals surface area contributed by atoms with E-state index in [0.29, 0.717) is 22.8 Å². The standard InChI is InChI=1S/C18H17NO2/c1-11(2)12-7-9-13(10-8-12)17(20)18-16(19)14-5-3-4-6-15(14)21-18/h3-11H,19H2,1-2H3. The lowest BCUT2D eigenvalue weighted by atomic mass is 9.99. The summed E-state index contributed by atoms with van der Waals surface area (Å²) in [6, 6.07) is 15.0. The fourth-order valence-electron chi connectivity index (χ4n) is 2.38. The molecule has 21 heavy (non-hydrogen) atoms. The summed E-state index contributed by atoms with van der Waals surface area (Å²) in [7, 11) is 0. The predicted molar refractivity (Wildman–Crippen MR) is 84.6 cm³/mol. The summed E-state index contributed by atoms with van der Waals surface area (Å²) in [5.74, 6) is 0.470. The van der Waals surface area contributed by atoms with E-state index in [1.807, 2.05) is 48.5 Å². The number of benzene rings is 2. The van der Waals surface area contributed by atoms with Gasteiger partial charge < -0.3 is 10.2 Å². The predicted octanol–water partition coefficient (Wildman–Crippen LogP) is 4.37. The Kier molecular flexibility index (Phi) is 3.26. The lowest BCUT2D eigenvalue weighted by Crippen LogP contribution is -2.03. The average molecular weight is 279 g/mol. The second-order valence-electron chi connectivity index (χ2n) is 5.45. The van der Waals surface area contributed by atoms with Crippen molar-refractivity contribution in [3.63, 3.8) is 0 Å². The number of carbonyl (C=O) groups excluding carboxylic acids is 1. The smallest absolute Gasteiger partial charge is 0.230 e. The summed E-state index contributed by atoms with van der Waals surface area (Å²) in [6.45, 7) is 4.24. The number of fused-ring (bicyclic) bond motifs is 1. The Labute approximate surface area is 123 Å². The molecule has 0 fully saturated rings. The number of para-hydroxylation sites is 1. The minimum absolute atomic E-state index is 0.181. The lowest BCUT2D eigenvalue weighted by molar-refractivity contribution is 0.101. The van der Waals surface area contributed by atoms with Gasteiger partial charge in [-0.1, -0.05) is 50.2 Å². The Morgan fingerprint density at radius 1 is 1.05 bits per heavy atom. The van der Waals surface area contributed by atoms with Crippen LogP contribution in [-0.2, 0) is 0 Å². The average Bonchev–Trinajstić information content (AvgIpc) is 2.84. The van der Waals surface area contributed by atoms with Crippen molar-refractivity contribution >= 4 is 22.4 Å². The van der Waals surface area contributed by atoms with Crippen LogP contribution in [0.1, 0.15) is 41.4 Å². The van der Waals surface area contributed by atoms with Crippen molar-refractivity contribution in [3.05, 3.63) is 65.4 Å². The van der Waals surface area contributed by atoms with E-state index in [4.69, 9.17) is 10.2 Å². The molecule has 0 spiro atoms. The Balaban J connectivity index is 2.02. The summed E-state index contributed by atoms with van der Waals surface area (Å²) < 4.78 is 5.62. The normalized spacial score (nSPS) is 11.2. The molecular weight excluding hydrogens is 262 g/mol. The lowest BCUT2D eigenvalue weighted by Gasteiger charge is -2.05. The van der Waals surface area contributed by atoms with Crippen LogP contribution >= 0.6 is 0 Å². The van der Waals surface area contributed by atoms with E-state index in [9.17, 15) is 4.79 Å². The highest BCUT2D eigenvalue weighted by molar-refractivity contribution is 6.14. The van der Waals surface area contributed by atoms with Gasteiger partial charge in [-0.2, -0.15) is 0 Å². The van der Waals surface area contributed by atoms with E-state index in [1.165, 1.54) is 5.56 Å². The SMILES string of the molecule is CC(C)c1ccc(C(=O)c2oc3ccccc3c2N)cc1. The molecule has 3 nitrogen and oxygen atoms in total. The van der Waals surface area contributed by atoms with Gasteiger partial charge in [-0.05, 0) is 23.6 Å². The summed E-state index contributed by atoms with van der Waals surface area (Å²) in [5.41, 5.74) is 8.87. The third-order valence-electron chi connectivity index (χ3n) is 3.68. The van der Waals surface area contributed by atoms with Crippen LogP contribution in [0.5, 0.6) is 0 Å². The first-order chi connectivity index (χ1) is 10.1. The molecule has 3 rings (SSSR count). The highest BCUT2D eigenvalue weighted by Gasteiger charge is 2.19. The number of furan rings is 1. The van der Waals surface area contributed by atoms with Crippen LogP contribution in [-0.4, -0.2) is 5.78 Å². The zero-order valence-electron chi connectivity index (χ0n) is 12.1. The third kappa shape index (κ3) is 2.31. The first-order valence-electron chi connectivity index (χ1n) is 6.99. The molecule has 0 saturated carbocycles. The largest absolute Gasteiger partial charge is 0.450 e. The quantitative estimate of drug-likeness (QED) is 0.724. The third-order valence-corrected chi connectivity index (χ3v) is 3.68. The van der Waals surface area contributed by atoms with Gasteiger partial charge in [-0.25, -0.2) is 0 Å². The number of carbonyl (C=O) groups is 1. The molecule has 1 aromatic heterocycles. The van der Waals surface area contributed by atoms with Crippen molar-refractivity contribution < 1.29 is 9.21 Å². The monoisotopic (exact) mass is 279 g/mol. The van der Waals surface area contributed by atoms with Gasteiger partial charge in [0.25, 0.3) is 0 Å². The molecule has 0 bridgehead atoms. The topological polar surface area (TPSA) is 56.2 Å². The molecule has 0 amide bonds. The Hall–Kier alpha value is -2.55. The van der Waals surface area contributed by atoms with Gasteiger partial charge in [0.2, 0.25) is 5.78 Å². The summed E-state index contributed by atoms with van der Waals surface area (Å²) in [6.07, 6.45) is 0. The van der Waals surface area contributed by atoms with Crippen molar-refractivity contribution in [2.24, 2.45) is 0 Å². The fraction of sp³-hybridized carbons (Fsp3) is 0.167. The molecule has 0 aliphatic carbocycles. The van der Waals surface area contributed by atoms with Gasteiger partial charge in [0.15, 0.2) is 5.76 Å². The molecule has 0 saturated heterocycles. The summed E-state index contributed by atoms with van der Waals surface area (Å²) in [5, 5.41) is 0.777. The number of ketones is 1. The minimum atomic E-state index is -0.181. The van der Waals surface area contributed by atoms with Crippen molar-refractivity contribution in [1.29, 1.82) is 0 Å². The second-order valence-corrected chi connectivity index (χ2v) is 5.45. The van der Waals surface area contributed by atoms with Crippen LogP contribution in [0.4, 0.5) is 5.69 Å². The maximum atomic E-state index is 12.5. The molecule has 2 N–H and O–H groups in total. The summed E-state index contributed by atoms with van der Waals surface area (Å²) in [4.78, 5) is 12.5. The van der Waals surface area contributed by atoms with Crippen molar-refractivity contribution in [3.8, 4) is 0 Å². The van der Waals surface area contributed by atoms with Gasteiger partial charge in [0.1, 0.15) is 5.58 Å². The van der Waals surface area contributed by atoms with Crippen molar-refractivity contribution in [2.75, 3.05) is 5.73 Å². The highest BCUT2D eigenvalue weighted by Crippen LogP contribution is 2.30. The molecule has 0 aliphatic heterocycles. The second kappa shape index (κ2) is 5.09. The molecule has 0 radical (unpaired) electrons. The van der Waals surface area contributed by atoms with E-state index >= 15 is 0 Å². The maximum absolute atomic E-state index is 12.5. The fourth-order valence-corrected chi connectivity index (χ4v) is 2.38. The van der Waals surface area contributed by atoms with Gasteiger partial charge in [0.05, 0.1) is 5.69 Å². The Morgan fingerprint density at radius 3 is 2.33 bits per heavy atom. The molecule has 1 heterocycles. The van der Waals surface area contributed by atoms with Gasteiger partial charge in [-0.15, -0.1) is 0 Å². The van der Waals surface area contributed by atoms with Crippen LogP contribution in [0.2, 0.25) is 0 Å². The van der Waals surface area contributed by atoms with Gasteiger partial charge in [-0.3, -0.25) is 4.79 Å². The van der Waals surface area contributed by atoms with Crippen LogP contribution in [0.3, 0.4) is 0 Å². The van der Waals surface area contributed by atoms with E-state index in [1.54, 1.807) is 0 Å². The van der Waals surface area contributed by atoms with Crippen molar-refractivity contribution in [1.82, 2.24) is 0 Å². The maximum Gasteiger partial charge on any atom is 0.230 e. The number of hydrogen-bond donors (Lipinski definition) is 1. The van der Waals surface area contributed by atoms with Crippen LogP contribution in [0.25, 0.3) is 11.0 Å². The number of anilines is 1. The van der Waals surface area contributed by atoms with Crippen LogP contribution in [0.15, 0.2) is 52.9 Å².